The Kier molecular flexibility index (Phi) is 5.65. The molecule has 2 aliphatic carbocycles. The van der Waals surface area contributed by atoms with Crippen LogP contribution in [0.25, 0.3) is 0 Å². The van der Waals surface area contributed by atoms with Gasteiger partial charge in [0.05, 0.1) is 0 Å². The summed E-state index contributed by atoms with van der Waals surface area (Å²) in [6.45, 7) is 3.83. The van der Waals surface area contributed by atoms with Crippen LogP contribution in [0.3, 0.4) is 0 Å². The van der Waals surface area contributed by atoms with E-state index in [-0.39, 0.29) is 23.8 Å². The second-order valence-corrected chi connectivity index (χ2v) is 9.28. The Hall–Kier alpha value is -0.890. The normalized spacial score (nSPS) is 41.4. The lowest BCUT2D eigenvalue weighted by Gasteiger charge is -2.41. The Morgan fingerprint density at radius 3 is 2.89 bits per heavy atom. The SMILES string of the molecule is CC1C=C(S(=O)[O-])C=CC1N1CCC2NC(C3=C(F)CCCC3F)CC2C1. The number of halogens is 2. The van der Waals surface area contributed by atoms with Crippen molar-refractivity contribution in [3.63, 3.8) is 0 Å². The van der Waals surface area contributed by atoms with Gasteiger partial charge in [-0.3, -0.25) is 9.11 Å². The molecule has 0 aromatic rings. The van der Waals surface area contributed by atoms with Crippen LogP contribution in [-0.4, -0.2) is 51.0 Å². The van der Waals surface area contributed by atoms with Crippen molar-refractivity contribution in [2.24, 2.45) is 11.8 Å². The number of alkyl halides is 1. The zero-order chi connectivity index (χ0) is 19.1. The van der Waals surface area contributed by atoms with E-state index in [1.54, 1.807) is 6.08 Å². The van der Waals surface area contributed by atoms with Crippen molar-refractivity contribution in [2.75, 3.05) is 13.1 Å². The highest BCUT2D eigenvalue weighted by atomic mass is 32.2. The van der Waals surface area contributed by atoms with Crippen molar-refractivity contribution < 1.29 is 17.5 Å². The predicted molar refractivity (Wildman–Crippen MR) is 101 cm³/mol. The molecule has 0 aromatic heterocycles. The van der Waals surface area contributed by atoms with Gasteiger partial charge in [0.1, 0.15) is 12.0 Å². The molecule has 0 radical (unpaired) electrons. The van der Waals surface area contributed by atoms with E-state index in [1.807, 2.05) is 19.1 Å². The topological polar surface area (TPSA) is 55.4 Å². The number of piperidine rings is 1. The monoisotopic (exact) mass is 397 g/mol. The Labute approximate surface area is 162 Å². The smallest absolute Gasteiger partial charge is 0.125 e. The van der Waals surface area contributed by atoms with Gasteiger partial charge in [0.15, 0.2) is 0 Å². The average Bonchev–Trinajstić information content (AvgIpc) is 3.04. The Morgan fingerprint density at radius 1 is 1.37 bits per heavy atom. The van der Waals surface area contributed by atoms with Gasteiger partial charge in [-0.25, -0.2) is 8.78 Å². The molecule has 2 fully saturated rings. The number of likely N-dealkylation sites (tertiary alicyclic amines) is 1. The zero-order valence-electron chi connectivity index (χ0n) is 15.6. The lowest BCUT2D eigenvalue weighted by Crippen LogP contribution is -2.50. The van der Waals surface area contributed by atoms with Crippen LogP contribution in [0, 0.1) is 11.8 Å². The highest BCUT2D eigenvalue weighted by molar-refractivity contribution is 7.83. The number of allylic oxidation sites excluding steroid dienone is 2. The maximum Gasteiger partial charge on any atom is 0.125 e. The van der Waals surface area contributed by atoms with Crippen LogP contribution < -0.4 is 5.32 Å². The highest BCUT2D eigenvalue weighted by Crippen LogP contribution is 2.39. The van der Waals surface area contributed by atoms with Crippen molar-refractivity contribution >= 4 is 11.1 Å². The van der Waals surface area contributed by atoms with E-state index in [2.05, 4.69) is 10.2 Å². The predicted octanol–water partition coefficient (Wildman–Crippen LogP) is 3.12. The Morgan fingerprint density at radius 2 is 2.19 bits per heavy atom. The van der Waals surface area contributed by atoms with Gasteiger partial charge in [0.25, 0.3) is 0 Å². The average molecular weight is 398 g/mol. The molecule has 2 aliphatic heterocycles. The lowest BCUT2D eigenvalue weighted by atomic mass is 9.85. The molecular weight excluding hydrogens is 370 g/mol. The molecule has 2 saturated heterocycles. The largest absolute Gasteiger partial charge is 0.768 e. The van der Waals surface area contributed by atoms with Gasteiger partial charge in [-0.1, -0.05) is 19.1 Å². The van der Waals surface area contributed by atoms with Crippen LogP contribution in [0.2, 0.25) is 0 Å². The van der Waals surface area contributed by atoms with E-state index in [4.69, 9.17) is 0 Å². The quantitative estimate of drug-likeness (QED) is 0.744. The second-order valence-electron chi connectivity index (χ2n) is 8.34. The molecule has 0 amide bonds. The molecule has 4 nitrogen and oxygen atoms in total. The van der Waals surface area contributed by atoms with Gasteiger partial charge in [-0.2, -0.15) is 0 Å². The number of hydrogen-bond acceptors (Lipinski definition) is 4. The molecule has 0 saturated carbocycles. The summed E-state index contributed by atoms with van der Waals surface area (Å²) in [5.41, 5.74) is 0.374. The van der Waals surface area contributed by atoms with E-state index in [0.29, 0.717) is 41.7 Å². The molecule has 150 valence electrons. The molecule has 27 heavy (non-hydrogen) atoms. The molecule has 0 spiro atoms. The summed E-state index contributed by atoms with van der Waals surface area (Å²) in [4.78, 5) is 2.75. The molecule has 0 bridgehead atoms. The fraction of sp³-hybridized carbons (Fsp3) is 0.700. The highest BCUT2D eigenvalue weighted by Gasteiger charge is 2.43. The molecule has 7 unspecified atom stereocenters. The van der Waals surface area contributed by atoms with Crippen LogP contribution >= 0.6 is 0 Å². The van der Waals surface area contributed by atoms with E-state index in [9.17, 15) is 17.5 Å². The van der Waals surface area contributed by atoms with Gasteiger partial charge in [-0.15, -0.1) is 0 Å². The first-order chi connectivity index (χ1) is 12.9. The molecule has 0 aromatic carbocycles. The van der Waals surface area contributed by atoms with Crippen molar-refractivity contribution in [2.45, 2.75) is 63.3 Å². The zero-order valence-corrected chi connectivity index (χ0v) is 16.4. The fourth-order valence-electron chi connectivity index (χ4n) is 5.30. The van der Waals surface area contributed by atoms with E-state index in [0.717, 1.165) is 25.9 Å². The van der Waals surface area contributed by atoms with Gasteiger partial charge < -0.3 is 9.87 Å². The fourth-order valence-corrected chi connectivity index (χ4v) is 5.81. The Balaban J connectivity index is 1.43. The summed E-state index contributed by atoms with van der Waals surface area (Å²) in [5.74, 6) is 0.255. The van der Waals surface area contributed by atoms with Crippen molar-refractivity contribution in [3.8, 4) is 0 Å². The third-order valence-electron chi connectivity index (χ3n) is 6.64. The standard InChI is InChI=1S/C20H28F2N2O2S/c1-12-9-14(27(25)26)5-6-19(12)24-8-7-17-13(11-24)10-18(23-17)20-15(21)3-2-4-16(20)22/h5-6,9,12-13,15,17-19,23H,2-4,7-8,10-11H2,1H3,(H,25,26)/p-1. The van der Waals surface area contributed by atoms with Crippen LogP contribution in [0.4, 0.5) is 8.78 Å². The number of rotatable bonds is 3. The minimum atomic E-state index is -2.19. The summed E-state index contributed by atoms with van der Waals surface area (Å²) in [5, 5.41) is 3.50. The van der Waals surface area contributed by atoms with E-state index in [1.165, 1.54) is 0 Å². The summed E-state index contributed by atoms with van der Waals surface area (Å²) < 4.78 is 50.9. The van der Waals surface area contributed by atoms with Crippen molar-refractivity contribution in [3.05, 3.63) is 34.5 Å². The third kappa shape index (κ3) is 3.84. The van der Waals surface area contributed by atoms with Crippen LogP contribution in [-0.2, 0) is 11.1 Å². The second kappa shape index (κ2) is 7.85. The minimum Gasteiger partial charge on any atom is -0.768 e. The first kappa shape index (κ1) is 19.4. The maximum atomic E-state index is 14.3. The van der Waals surface area contributed by atoms with Crippen LogP contribution in [0.1, 0.15) is 39.0 Å². The number of nitrogens with one attached hydrogen (secondary N) is 1. The van der Waals surface area contributed by atoms with Crippen LogP contribution in [0.5, 0.6) is 0 Å². The van der Waals surface area contributed by atoms with E-state index < -0.39 is 17.3 Å². The van der Waals surface area contributed by atoms with Gasteiger partial charge in [-0.05, 0) is 61.1 Å². The Bertz CT molecular complexity index is 708. The number of hydrogen-bond donors (Lipinski definition) is 1. The van der Waals surface area contributed by atoms with Gasteiger partial charge >= 0.3 is 0 Å². The van der Waals surface area contributed by atoms with Gasteiger partial charge in [0.2, 0.25) is 0 Å². The third-order valence-corrected chi connectivity index (χ3v) is 7.29. The van der Waals surface area contributed by atoms with E-state index >= 15 is 0 Å². The minimum absolute atomic E-state index is 0.123. The first-order valence-corrected chi connectivity index (χ1v) is 11.0. The maximum absolute atomic E-state index is 14.3. The molecule has 4 rings (SSSR count). The number of fused-ring (bicyclic) bond motifs is 1. The summed E-state index contributed by atoms with van der Waals surface area (Å²) >= 11 is -2.19. The summed E-state index contributed by atoms with van der Waals surface area (Å²) in [6, 6.07) is 0.310. The molecule has 1 N–H and O–H groups in total. The summed E-state index contributed by atoms with van der Waals surface area (Å²) in [6.07, 6.45) is 7.46. The molecule has 4 aliphatic rings. The first-order valence-electron chi connectivity index (χ1n) is 9.96. The van der Waals surface area contributed by atoms with Gasteiger partial charge in [0, 0.05) is 41.7 Å². The summed E-state index contributed by atoms with van der Waals surface area (Å²) in [7, 11) is 0. The number of nitrogens with zero attached hydrogens (tertiary/aromatic N) is 1. The van der Waals surface area contributed by atoms with Crippen LogP contribution in [0.15, 0.2) is 34.5 Å². The molecule has 7 atom stereocenters. The molecule has 2 heterocycles. The molecule has 7 heteroatoms. The molecular formula is C20H27F2N2O2S-. The lowest BCUT2D eigenvalue weighted by molar-refractivity contribution is 0.118. The van der Waals surface area contributed by atoms with Crippen molar-refractivity contribution in [1.82, 2.24) is 10.2 Å². The van der Waals surface area contributed by atoms with Crippen molar-refractivity contribution in [1.29, 1.82) is 0 Å².